The molecule has 0 N–H and O–H groups in total. The van der Waals surface area contributed by atoms with Crippen molar-refractivity contribution in [1.29, 1.82) is 0 Å². The van der Waals surface area contributed by atoms with Crippen molar-refractivity contribution in [3.63, 3.8) is 0 Å². The third-order valence-corrected chi connectivity index (χ3v) is 8.77. The Morgan fingerprint density at radius 1 is 0.902 bits per heavy atom. The van der Waals surface area contributed by atoms with Gasteiger partial charge in [0.25, 0.3) is 5.91 Å². The average Bonchev–Trinajstić information content (AvgIpc) is 3.50. The summed E-state index contributed by atoms with van der Waals surface area (Å²) >= 11 is 0. The molecule has 1 saturated carbocycles. The molecule has 2 saturated heterocycles. The SMILES string of the molecule is CC(=O)Cc1ccc(N2CCC(n3ncc(C(=O)N4CCC(c5ccccc5C(F)(F)F)C4)c3C3CC3)CC2)cc1. The molecular formula is C32H35F3N4O2. The number of piperidine rings is 1. The summed E-state index contributed by atoms with van der Waals surface area (Å²) < 4.78 is 42.9. The van der Waals surface area contributed by atoms with Crippen molar-refractivity contribution in [3.05, 3.63) is 82.7 Å². The molecule has 1 amide bonds. The number of benzene rings is 2. The van der Waals surface area contributed by atoms with Crippen LogP contribution in [0.2, 0.25) is 0 Å². The van der Waals surface area contributed by atoms with Gasteiger partial charge in [0, 0.05) is 50.1 Å². The van der Waals surface area contributed by atoms with Crippen molar-refractivity contribution < 1.29 is 22.8 Å². The number of anilines is 1. The number of ketones is 1. The van der Waals surface area contributed by atoms with E-state index in [0.29, 0.717) is 30.9 Å². The first-order valence-corrected chi connectivity index (χ1v) is 14.5. The Balaban J connectivity index is 1.14. The number of alkyl halides is 3. The molecule has 1 aromatic heterocycles. The van der Waals surface area contributed by atoms with Crippen molar-refractivity contribution in [2.24, 2.45) is 0 Å². The van der Waals surface area contributed by atoms with Gasteiger partial charge >= 0.3 is 6.18 Å². The van der Waals surface area contributed by atoms with Gasteiger partial charge in [-0.1, -0.05) is 30.3 Å². The van der Waals surface area contributed by atoms with Crippen LogP contribution in [0.4, 0.5) is 18.9 Å². The highest BCUT2D eigenvalue weighted by atomic mass is 19.4. The number of likely N-dealkylation sites (tertiary alicyclic amines) is 1. The highest BCUT2D eigenvalue weighted by molar-refractivity contribution is 5.95. The molecule has 1 unspecified atom stereocenters. The molecule has 41 heavy (non-hydrogen) atoms. The number of carbonyl (C=O) groups excluding carboxylic acids is 2. The molecule has 3 aromatic rings. The van der Waals surface area contributed by atoms with Crippen LogP contribution >= 0.6 is 0 Å². The van der Waals surface area contributed by atoms with Crippen molar-refractivity contribution in [3.8, 4) is 0 Å². The van der Waals surface area contributed by atoms with Crippen LogP contribution < -0.4 is 4.90 Å². The zero-order valence-electron chi connectivity index (χ0n) is 23.2. The summed E-state index contributed by atoms with van der Waals surface area (Å²) in [6, 6.07) is 14.1. The number of rotatable bonds is 7. The van der Waals surface area contributed by atoms with Crippen LogP contribution in [0.15, 0.2) is 54.7 Å². The minimum Gasteiger partial charge on any atom is -0.371 e. The Kier molecular flexibility index (Phi) is 7.38. The predicted octanol–water partition coefficient (Wildman–Crippen LogP) is 6.38. The van der Waals surface area contributed by atoms with E-state index in [2.05, 4.69) is 21.7 Å². The highest BCUT2D eigenvalue weighted by Crippen LogP contribution is 2.44. The minimum absolute atomic E-state index is 0.117. The van der Waals surface area contributed by atoms with E-state index in [1.54, 1.807) is 30.2 Å². The summed E-state index contributed by atoms with van der Waals surface area (Å²) in [5.74, 6) is 0.0105. The van der Waals surface area contributed by atoms with Gasteiger partial charge in [-0.2, -0.15) is 18.3 Å². The molecule has 0 bridgehead atoms. The third kappa shape index (κ3) is 5.76. The zero-order chi connectivity index (χ0) is 28.7. The van der Waals surface area contributed by atoms with E-state index in [9.17, 15) is 22.8 Å². The maximum Gasteiger partial charge on any atom is 0.416 e. The van der Waals surface area contributed by atoms with Gasteiger partial charge in [0.05, 0.1) is 29.1 Å². The maximum absolute atomic E-state index is 13.7. The van der Waals surface area contributed by atoms with Gasteiger partial charge in [0.2, 0.25) is 0 Å². The number of carbonyl (C=O) groups is 2. The largest absolute Gasteiger partial charge is 0.416 e. The number of hydrogen-bond acceptors (Lipinski definition) is 4. The van der Waals surface area contributed by atoms with Gasteiger partial charge in [-0.3, -0.25) is 14.3 Å². The molecule has 0 spiro atoms. The summed E-state index contributed by atoms with van der Waals surface area (Å²) in [7, 11) is 0. The van der Waals surface area contributed by atoms with Crippen LogP contribution in [0, 0.1) is 0 Å². The Labute approximate surface area is 238 Å². The van der Waals surface area contributed by atoms with Crippen molar-refractivity contribution >= 4 is 17.4 Å². The normalized spacial score (nSPS) is 20.0. The number of aromatic nitrogens is 2. The molecule has 1 aliphatic carbocycles. The molecule has 3 aliphatic rings. The van der Waals surface area contributed by atoms with Crippen LogP contribution in [0.3, 0.4) is 0 Å². The molecular weight excluding hydrogens is 529 g/mol. The molecule has 0 radical (unpaired) electrons. The predicted molar refractivity (Wildman–Crippen MR) is 150 cm³/mol. The van der Waals surface area contributed by atoms with Crippen LogP contribution in [0.5, 0.6) is 0 Å². The minimum atomic E-state index is -4.41. The topological polar surface area (TPSA) is 58.4 Å². The van der Waals surface area contributed by atoms with Crippen LogP contribution in [-0.4, -0.2) is 52.5 Å². The van der Waals surface area contributed by atoms with E-state index in [1.165, 1.54) is 6.07 Å². The smallest absolute Gasteiger partial charge is 0.371 e. The molecule has 3 fully saturated rings. The monoisotopic (exact) mass is 564 g/mol. The summed E-state index contributed by atoms with van der Waals surface area (Å²) in [4.78, 5) is 29.2. The second kappa shape index (κ2) is 11.0. The lowest BCUT2D eigenvalue weighted by molar-refractivity contribution is -0.138. The Hall–Kier alpha value is -3.62. The van der Waals surface area contributed by atoms with Gasteiger partial charge in [-0.05, 0) is 68.4 Å². The first-order valence-electron chi connectivity index (χ1n) is 14.5. The number of halogens is 3. The first-order chi connectivity index (χ1) is 19.7. The fraction of sp³-hybridized carbons (Fsp3) is 0.469. The van der Waals surface area contributed by atoms with Crippen molar-refractivity contribution in [2.75, 3.05) is 31.1 Å². The summed E-state index contributed by atoms with van der Waals surface area (Å²) in [6.07, 6.45) is 2.11. The lowest BCUT2D eigenvalue weighted by Crippen LogP contribution is -2.35. The van der Waals surface area contributed by atoms with E-state index < -0.39 is 11.7 Å². The van der Waals surface area contributed by atoms with E-state index in [1.807, 2.05) is 12.1 Å². The highest BCUT2D eigenvalue weighted by Gasteiger charge is 2.40. The average molecular weight is 565 g/mol. The number of nitrogens with zero attached hydrogens (tertiary/aromatic N) is 4. The fourth-order valence-corrected chi connectivity index (χ4v) is 6.55. The van der Waals surface area contributed by atoms with E-state index in [0.717, 1.165) is 61.8 Å². The lowest BCUT2D eigenvalue weighted by Gasteiger charge is -2.34. The molecule has 6 rings (SSSR count). The van der Waals surface area contributed by atoms with E-state index in [4.69, 9.17) is 5.10 Å². The van der Waals surface area contributed by atoms with E-state index >= 15 is 0 Å². The second-order valence-corrected chi connectivity index (χ2v) is 11.7. The zero-order valence-corrected chi connectivity index (χ0v) is 23.2. The van der Waals surface area contributed by atoms with Gasteiger partial charge in [0.1, 0.15) is 5.78 Å². The first kappa shape index (κ1) is 27.5. The maximum atomic E-state index is 13.7. The Morgan fingerprint density at radius 2 is 1.61 bits per heavy atom. The Morgan fingerprint density at radius 3 is 2.27 bits per heavy atom. The number of Topliss-reactive ketones (excluding diaryl/α,β-unsaturated/α-hetero) is 1. The molecule has 3 heterocycles. The second-order valence-electron chi connectivity index (χ2n) is 11.7. The number of hydrogen-bond donors (Lipinski definition) is 0. The summed E-state index contributed by atoms with van der Waals surface area (Å²) in [5, 5.41) is 4.72. The van der Waals surface area contributed by atoms with Crippen LogP contribution in [0.25, 0.3) is 0 Å². The summed E-state index contributed by atoms with van der Waals surface area (Å²) in [6.45, 7) is 4.06. The van der Waals surface area contributed by atoms with Gasteiger partial charge in [0.15, 0.2) is 0 Å². The fourth-order valence-electron chi connectivity index (χ4n) is 6.55. The molecule has 1 atom stereocenters. The van der Waals surface area contributed by atoms with Crippen molar-refractivity contribution in [2.45, 2.75) is 69.5 Å². The molecule has 2 aromatic carbocycles. The van der Waals surface area contributed by atoms with Gasteiger partial charge in [-0.15, -0.1) is 0 Å². The van der Waals surface area contributed by atoms with Crippen LogP contribution in [-0.2, 0) is 17.4 Å². The summed E-state index contributed by atoms with van der Waals surface area (Å²) in [5.41, 5.74) is 3.44. The van der Waals surface area contributed by atoms with Crippen molar-refractivity contribution in [1.82, 2.24) is 14.7 Å². The van der Waals surface area contributed by atoms with Gasteiger partial charge < -0.3 is 9.80 Å². The third-order valence-electron chi connectivity index (χ3n) is 8.77. The lowest BCUT2D eigenvalue weighted by atomic mass is 9.93. The van der Waals surface area contributed by atoms with E-state index in [-0.39, 0.29) is 35.8 Å². The quantitative estimate of drug-likeness (QED) is 0.334. The van der Waals surface area contributed by atoms with Crippen LogP contribution in [0.1, 0.15) is 89.6 Å². The molecule has 216 valence electrons. The van der Waals surface area contributed by atoms with Gasteiger partial charge in [-0.25, -0.2) is 0 Å². The molecule has 2 aliphatic heterocycles. The standard InChI is InChI=1S/C32H35F3N4O2/c1-21(40)18-22-6-10-25(11-7-22)37-16-13-26(14-17-37)39-30(23-8-9-23)28(19-36-39)31(41)38-15-12-24(20-38)27-4-2-3-5-29(27)32(33,34)35/h2-7,10-11,19,23-24,26H,8-9,12-18,20H2,1H3. The Bertz CT molecular complexity index is 1420. The number of amides is 1. The molecule has 9 heteroatoms. The molecule has 6 nitrogen and oxygen atoms in total.